The second kappa shape index (κ2) is 6.96. The fourth-order valence-corrected chi connectivity index (χ4v) is 2.65. The van der Waals surface area contributed by atoms with Gasteiger partial charge in [-0.15, -0.1) is 0 Å². The highest BCUT2D eigenvalue weighted by Gasteiger charge is 2.25. The van der Waals surface area contributed by atoms with Gasteiger partial charge in [0.25, 0.3) is 0 Å². The Kier molecular flexibility index (Phi) is 6.74. The van der Waals surface area contributed by atoms with E-state index in [1.807, 2.05) is 20.8 Å². The lowest BCUT2D eigenvalue weighted by atomic mass is 9.95. The second-order valence-electron chi connectivity index (χ2n) is 4.27. The summed E-state index contributed by atoms with van der Waals surface area (Å²) < 4.78 is 11.0. The molecular formula is C10H20N2O2S2. The molecule has 0 aliphatic heterocycles. The van der Waals surface area contributed by atoms with Crippen molar-refractivity contribution < 1.29 is 9.00 Å². The van der Waals surface area contributed by atoms with Crippen molar-refractivity contribution in [1.82, 2.24) is 5.32 Å². The first-order valence-electron chi connectivity index (χ1n) is 5.15. The third-order valence-corrected chi connectivity index (χ3v) is 3.35. The quantitative estimate of drug-likeness (QED) is 0.682. The second-order valence-corrected chi connectivity index (χ2v) is 6.22. The van der Waals surface area contributed by atoms with Crippen LogP contribution in [0.2, 0.25) is 0 Å². The Bertz CT molecular complexity index is 293. The van der Waals surface area contributed by atoms with Crippen LogP contribution in [-0.4, -0.2) is 33.2 Å². The van der Waals surface area contributed by atoms with Crippen molar-refractivity contribution in [3.63, 3.8) is 0 Å². The van der Waals surface area contributed by atoms with Crippen LogP contribution >= 0.6 is 12.2 Å². The van der Waals surface area contributed by atoms with Crippen molar-refractivity contribution in [2.24, 2.45) is 17.6 Å². The van der Waals surface area contributed by atoms with Gasteiger partial charge in [-0.1, -0.05) is 26.1 Å². The molecule has 6 heteroatoms. The maximum absolute atomic E-state index is 11.8. The minimum Gasteiger partial charge on any atom is -0.393 e. The van der Waals surface area contributed by atoms with E-state index in [0.717, 1.165) is 0 Å². The molecule has 0 radical (unpaired) electrons. The van der Waals surface area contributed by atoms with Gasteiger partial charge in [-0.3, -0.25) is 9.00 Å². The van der Waals surface area contributed by atoms with Crippen LogP contribution in [0.15, 0.2) is 0 Å². The van der Waals surface area contributed by atoms with Crippen LogP contribution in [0.25, 0.3) is 0 Å². The van der Waals surface area contributed by atoms with Gasteiger partial charge in [0, 0.05) is 28.9 Å². The Labute approximate surface area is 105 Å². The van der Waals surface area contributed by atoms with Crippen molar-refractivity contribution in [2.45, 2.75) is 26.8 Å². The lowest BCUT2D eigenvalue weighted by molar-refractivity contribution is -0.124. The first-order valence-corrected chi connectivity index (χ1v) is 7.29. The monoisotopic (exact) mass is 264 g/mol. The van der Waals surface area contributed by atoms with E-state index in [9.17, 15) is 9.00 Å². The Balaban J connectivity index is 4.42. The van der Waals surface area contributed by atoms with Crippen LogP contribution < -0.4 is 11.1 Å². The van der Waals surface area contributed by atoms with Crippen molar-refractivity contribution in [2.75, 3.05) is 12.0 Å². The van der Waals surface area contributed by atoms with E-state index in [1.165, 1.54) is 0 Å². The molecule has 0 saturated carbocycles. The highest BCUT2D eigenvalue weighted by Crippen LogP contribution is 2.11. The standard InChI is InChI=1S/C10H20N2O2S2/c1-6(2)8(9(11)15)10(13)12-7(3)5-16(4)14/h6-8H,5H2,1-4H3,(H2,11,15)(H,12,13). The van der Waals surface area contributed by atoms with Crippen LogP contribution in [0.4, 0.5) is 0 Å². The summed E-state index contributed by atoms with van der Waals surface area (Å²) in [6.45, 7) is 5.61. The molecule has 3 unspecified atom stereocenters. The number of rotatable bonds is 6. The predicted molar refractivity (Wildman–Crippen MR) is 71.7 cm³/mol. The summed E-state index contributed by atoms with van der Waals surface area (Å²) in [6, 6.07) is -0.131. The molecule has 1 amide bonds. The highest BCUT2D eigenvalue weighted by atomic mass is 32.2. The molecular weight excluding hydrogens is 244 g/mol. The molecule has 94 valence electrons. The molecule has 0 rings (SSSR count). The number of nitrogens with one attached hydrogen (secondary N) is 1. The average Bonchev–Trinajstić information content (AvgIpc) is 1.98. The van der Waals surface area contributed by atoms with Gasteiger partial charge in [0.15, 0.2) is 0 Å². The zero-order chi connectivity index (χ0) is 12.9. The van der Waals surface area contributed by atoms with Gasteiger partial charge in [0.05, 0.1) is 10.9 Å². The molecule has 4 nitrogen and oxygen atoms in total. The van der Waals surface area contributed by atoms with Gasteiger partial charge < -0.3 is 11.1 Å². The molecule has 0 saturated heterocycles. The van der Waals surface area contributed by atoms with Crippen molar-refractivity contribution in [3.8, 4) is 0 Å². The first-order chi connectivity index (χ1) is 7.25. The van der Waals surface area contributed by atoms with E-state index < -0.39 is 16.7 Å². The number of carbonyl (C=O) groups is 1. The lowest BCUT2D eigenvalue weighted by Crippen LogP contribution is -2.45. The van der Waals surface area contributed by atoms with E-state index >= 15 is 0 Å². The SMILES string of the molecule is CC(CS(C)=O)NC(=O)C(C(N)=S)C(C)C. The Morgan fingerprint density at radius 2 is 1.94 bits per heavy atom. The molecule has 0 aliphatic rings. The molecule has 3 atom stereocenters. The first kappa shape index (κ1) is 15.5. The molecule has 0 aromatic carbocycles. The largest absolute Gasteiger partial charge is 0.393 e. The molecule has 0 bridgehead atoms. The van der Waals surface area contributed by atoms with Gasteiger partial charge in [-0.05, 0) is 12.8 Å². The fourth-order valence-electron chi connectivity index (χ4n) is 1.49. The summed E-state index contributed by atoms with van der Waals surface area (Å²) >= 11 is 4.87. The van der Waals surface area contributed by atoms with E-state index in [0.29, 0.717) is 5.75 Å². The summed E-state index contributed by atoms with van der Waals surface area (Å²) in [4.78, 5) is 12.0. The summed E-state index contributed by atoms with van der Waals surface area (Å²) in [5.41, 5.74) is 5.53. The van der Waals surface area contributed by atoms with E-state index in [2.05, 4.69) is 5.32 Å². The van der Waals surface area contributed by atoms with E-state index in [4.69, 9.17) is 18.0 Å². The normalized spacial score (nSPS) is 16.6. The molecule has 3 N–H and O–H groups in total. The van der Waals surface area contributed by atoms with Crippen LogP contribution in [0.3, 0.4) is 0 Å². The van der Waals surface area contributed by atoms with E-state index in [1.54, 1.807) is 6.26 Å². The summed E-state index contributed by atoms with van der Waals surface area (Å²) in [5, 5.41) is 2.77. The number of nitrogens with two attached hydrogens (primary N) is 1. The van der Waals surface area contributed by atoms with Crippen LogP contribution in [0.1, 0.15) is 20.8 Å². The van der Waals surface area contributed by atoms with Gasteiger partial charge in [0.2, 0.25) is 5.91 Å². The smallest absolute Gasteiger partial charge is 0.230 e. The third-order valence-electron chi connectivity index (χ3n) is 2.13. The van der Waals surface area contributed by atoms with Gasteiger partial charge in [-0.2, -0.15) is 0 Å². The zero-order valence-electron chi connectivity index (χ0n) is 10.1. The molecule has 0 heterocycles. The fraction of sp³-hybridized carbons (Fsp3) is 0.800. The number of hydrogen-bond acceptors (Lipinski definition) is 3. The number of thiocarbonyl (C=S) groups is 1. The molecule has 0 fully saturated rings. The van der Waals surface area contributed by atoms with E-state index in [-0.39, 0.29) is 22.9 Å². The minimum atomic E-state index is -0.926. The maximum Gasteiger partial charge on any atom is 0.230 e. The van der Waals surface area contributed by atoms with Gasteiger partial charge in [-0.25, -0.2) is 0 Å². The topological polar surface area (TPSA) is 72.2 Å². The van der Waals surface area contributed by atoms with Crippen LogP contribution in [0.5, 0.6) is 0 Å². The maximum atomic E-state index is 11.8. The van der Waals surface area contributed by atoms with Crippen LogP contribution in [-0.2, 0) is 15.6 Å². The van der Waals surface area contributed by atoms with Crippen molar-refractivity contribution in [3.05, 3.63) is 0 Å². The van der Waals surface area contributed by atoms with Gasteiger partial charge in [0.1, 0.15) is 0 Å². The highest BCUT2D eigenvalue weighted by molar-refractivity contribution is 7.84. The van der Waals surface area contributed by atoms with Crippen molar-refractivity contribution >= 4 is 33.9 Å². The minimum absolute atomic E-state index is 0.0665. The number of carbonyl (C=O) groups excluding carboxylic acids is 1. The van der Waals surface area contributed by atoms with Crippen molar-refractivity contribution in [1.29, 1.82) is 0 Å². The summed E-state index contributed by atoms with van der Waals surface area (Å²) in [7, 11) is -0.926. The molecule has 0 aliphatic carbocycles. The number of amides is 1. The molecule has 0 aromatic heterocycles. The Morgan fingerprint density at radius 3 is 2.25 bits per heavy atom. The summed E-state index contributed by atoms with van der Waals surface area (Å²) in [5.74, 6) is -0.131. The Morgan fingerprint density at radius 1 is 1.44 bits per heavy atom. The number of hydrogen-bond donors (Lipinski definition) is 2. The summed E-state index contributed by atoms with van der Waals surface area (Å²) in [6.07, 6.45) is 1.61. The van der Waals surface area contributed by atoms with Gasteiger partial charge >= 0.3 is 0 Å². The molecule has 0 aromatic rings. The lowest BCUT2D eigenvalue weighted by Gasteiger charge is -2.21. The third kappa shape index (κ3) is 5.55. The predicted octanol–water partition coefficient (Wildman–Crippen LogP) is 0.428. The average molecular weight is 264 g/mol. The molecule has 16 heavy (non-hydrogen) atoms. The van der Waals surface area contributed by atoms with Crippen LogP contribution in [0, 0.1) is 11.8 Å². The molecule has 0 spiro atoms. The zero-order valence-corrected chi connectivity index (χ0v) is 11.8. The Hall–Kier alpha value is -0.490.